The third-order valence-corrected chi connectivity index (χ3v) is 3.66. The monoisotopic (exact) mass is 277 g/mol. The fourth-order valence-corrected chi connectivity index (χ4v) is 2.64. The van der Waals surface area contributed by atoms with Crippen molar-refractivity contribution < 1.29 is 5.11 Å². The zero-order chi connectivity index (χ0) is 14.0. The molecule has 2 aromatic rings. The maximum absolute atomic E-state index is 10.1. The zero-order valence-corrected chi connectivity index (χ0v) is 12.5. The molecule has 0 radical (unpaired) electrons. The Labute approximate surface area is 117 Å². The van der Waals surface area contributed by atoms with Crippen LogP contribution < -0.4 is 0 Å². The van der Waals surface area contributed by atoms with Crippen molar-refractivity contribution in [2.45, 2.75) is 45.6 Å². The van der Waals surface area contributed by atoms with Gasteiger partial charge in [0.25, 0.3) is 0 Å². The number of aromatic nitrogens is 3. The topological polar surface area (TPSA) is 58.9 Å². The maximum Gasteiger partial charge on any atom is 0.157 e. The molecule has 2 heterocycles. The summed E-state index contributed by atoms with van der Waals surface area (Å²) in [5, 5.41) is 13.1. The summed E-state index contributed by atoms with van der Waals surface area (Å²) in [7, 11) is 0. The van der Waals surface area contributed by atoms with E-state index in [9.17, 15) is 5.11 Å². The molecule has 0 spiro atoms. The van der Waals surface area contributed by atoms with Crippen LogP contribution in [0.2, 0.25) is 0 Å². The number of aliphatic hydroxyl groups excluding tert-OH is 1. The van der Waals surface area contributed by atoms with Crippen molar-refractivity contribution in [1.82, 2.24) is 15.0 Å². The van der Waals surface area contributed by atoms with E-state index >= 15 is 0 Å². The van der Waals surface area contributed by atoms with Crippen LogP contribution in [0.1, 0.15) is 49.0 Å². The molecule has 19 heavy (non-hydrogen) atoms. The van der Waals surface area contributed by atoms with E-state index in [1.165, 1.54) is 0 Å². The Morgan fingerprint density at radius 2 is 1.89 bits per heavy atom. The Morgan fingerprint density at radius 1 is 1.26 bits per heavy atom. The highest BCUT2D eigenvalue weighted by atomic mass is 32.1. The van der Waals surface area contributed by atoms with Crippen LogP contribution in [0, 0.1) is 6.92 Å². The summed E-state index contributed by atoms with van der Waals surface area (Å²) in [6, 6.07) is 0. The second-order valence-corrected chi connectivity index (χ2v) is 6.66. The number of hydrogen-bond donors (Lipinski definition) is 1. The van der Waals surface area contributed by atoms with E-state index in [0.29, 0.717) is 12.2 Å². The fourth-order valence-electron chi connectivity index (χ4n) is 1.58. The van der Waals surface area contributed by atoms with Crippen LogP contribution in [0.3, 0.4) is 0 Å². The molecule has 0 bridgehead atoms. The first-order chi connectivity index (χ1) is 8.86. The summed E-state index contributed by atoms with van der Waals surface area (Å²) in [6.45, 7) is 8.31. The highest BCUT2D eigenvalue weighted by Crippen LogP contribution is 2.26. The van der Waals surface area contributed by atoms with Crippen LogP contribution in [0.5, 0.6) is 0 Å². The van der Waals surface area contributed by atoms with Gasteiger partial charge in [0.1, 0.15) is 6.10 Å². The van der Waals surface area contributed by atoms with E-state index in [-0.39, 0.29) is 5.41 Å². The van der Waals surface area contributed by atoms with Gasteiger partial charge in [-0.1, -0.05) is 20.8 Å². The Hall–Kier alpha value is -1.33. The Bertz CT molecular complexity index is 543. The Balaban J connectivity index is 2.08. The molecular weight excluding hydrogens is 258 g/mol. The first kappa shape index (κ1) is 14.1. The lowest BCUT2D eigenvalue weighted by Crippen LogP contribution is -2.12. The van der Waals surface area contributed by atoms with Crippen LogP contribution >= 0.6 is 11.3 Å². The van der Waals surface area contributed by atoms with Crippen molar-refractivity contribution in [1.29, 1.82) is 0 Å². The summed E-state index contributed by atoms with van der Waals surface area (Å²) >= 11 is 1.58. The summed E-state index contributed by atoms with van der Waals surface area (Å²) in [6.07, 6.45) is 3.20. The summed E-state index contributed by atoms with van der Waals surface area (Å²) in [5.41, 5.74) is 2.09. The molecule has 0 aliphatic heterocycles. The van der Waals surface area contributed by atoms with Gasteiger partial charge in [-0.25, -0.2) is 15.0 Å². The lowest BCUT2D eigenvalue weighted by molar-refractivity contribution is 0.168. The molecule has 0 fully saturated rings. The van der Waals surface area contributed by atoms with Gasteiger partial charge in [-0.2, -0.15) is 0 Å². The van der Waals surface area contributed by atoms with Gasteiger partial charge in [0.2, 0.25) is 0 Å². The minimum Gasteiger partial charge on any atom is -0.385 e. The molecule has 1 N–H and O–H groups in total. The number of aryl methyl sites for hydroxylation is 1. The third-order valence-electron chi connectivity index (χ3n) is 2.79. The molecule has 0 aliphatic carbocycles. The van der Waals surface area contributed by atoms with Crippen molar-refractivity contribution in [2.24, 2.45) is 0 Å². The van der Waals surface area contributed by atoms with Crippen LogP contribution in [-0.2, 0) is 11.8 Å². The molecule has 1 unspecified atom stereocenters. The smallest absolute Gasteiger partial charge is 0.157 e. The molecule has 0 amide bonds. The van der Waals surface area contributed by atoms with E-state index < -0.39 is 6.10 Å². The average Bonchev–Trinajstić information content (AvgIpc) is 2.78. The second kappa shape index (κ2) is 5.35. The highest BCUT2D eigenvalue weighted by Gasteiger charge is 2.19. The van der Waals surface area contributed by atoms with Crippen molar-refractivity contribution in [3.8, 4) is 0 Å². The molecule has 2 aromatic heterocycles. The van der Waals surface area contributed by atoms with Gasteiger partial charge in [-0.05, 0) is 12.5 Å². The summed E-state index contributed by atoms with van der Waals surface area (Å²) in [5.74, 6) is 0.457. The number of hydrogen-bond acceptors (Lipinski definition) is 5. The molecule has 0 saturated heterocycles. The van der Waals surface area contributed by atoms with Gasteiger partial charge < -0.3 is 5.11 Å². The van der Waals surface area contributed by atoms with E-state index in [4.69, 9.17) is 0 Å². The number of nitrogens with zero attached hydrogens (tertiary/aromatic N) is 3. The normalized spacial score (nSPS) is 13.5. The molecule has 102 valence electrons. The molecule has 0 saturated carbocycles. The third kappa shape index (κ3) is 3.58. The minimum absolute atomic E-state index is 0.0417. The highest BCUT2D eigenvalue weighted by molar-refractivity contribution is 7.09. The Morgan fingerprint density at radius 3 is 2.42 bits per heavy atom. The van der Waals surface area contributed by atoms with Crippen molar-refractivity contribution in [3.63, 3.8) is 0 Å². The number of aliphatic hydroxyl groups is 1. The summed E-state index contributed by atoms with van der Waals surface area (Å²) in [4.78, 5) is 12.9. The zero-order valence-electron chi connectivity index (χ0n) is 11.7. The molecule has 2 rings (SSSR count). The predicted octanol–water partition coefficient (Wildman–Crippen LogP) is 2.82. The fraction of sp³-hybridized carbons (Fsp3) is 0.500. The van der Waals surface area contributed by atoms with Gasteiger partial charge in [-0.15, -0.1) is 11.3 Å². The van der Waals surface area contributed by atoms with E-state index in [1.54, 1.807) is 23.7 Å². The summed E-state index contributed by atoms with van der Waals surface area (Å²) < 4.78 is 0. The molecular formula is C14H19N3OS. The second-order valence-electron chi connectivity index (χ2n) is 5.72. The number of rotatable bonds is 3. The lowest BCUT2D eigenvalue weighted by Gasteiger charge is -2.14. The largest absolute Gasteiger partial charge is 0.385 e. The van der Waals surface area contributed by atoms with Crippen molar-refractivity contribution >= 4 is 11.3 Å². The predicted molar refractivity (Wildman–Crippen MR) is 76.2 cm³/mol. The molecule has 0 aromatic carbocycles. The van der Waals surface area contributed by atoms with Crippen LogP contribution in [0.15, 0.2) is 17.8 Å². The van der Waals surface area contributed by atoms with Crippen LogP contribution in [-0.4, -0.2) is 20.1 Å². The molecule has 5 heteroatoms. The average molecular weight is 277 g/mol. The molecule has 4 nitrogen and oxygen atoms in total. The van der Waals surface area contributed by atoms with Gasteiger partial charge >= 0.3 is 0 Å². The molecule has 1 atom stereocenters. The quantitative estimate of drug-likeness (QED) is 0.937. The first-order valence-corrected chi connectivity index (χ1v) is 7.16. The Kier molecular flexibility index (Phi) is 3.96. The van der Waals surface area contributed by atoms with Crippen molar-refractivity contribution in [2.75, 3.05) is 0 Å². The van der Waals surface area contributed by atoms with Crippen molar-refractivity contribution in [3.05, 3.63) is 39.9 Å². The van der Waals surface area contributed by atoms with E-state index in [0.717, 1.165) is 16.3 Å². The number of thiazole rings is 1. The van der Waals surface area contributed by atoms with Crippen LogP contribution in [0.25, 0.3) is 0 Å². The molecule has 0 aliphatic rings. The van der Waals surface area contributed by atoms with Gasteiger partial charge in [-0.3, -0.25) is 0 Å². The van der Waals surface area contributed by atoms with Gasteiger partial charge in [0, 0.05) is 29.6 Å². The van der Waals surface area contributed by atoms with E-state index in [2.05, 4.69) is 41.1 Å². The lowest BCUT2D eigenvalue weighted by atomic mass is 9.93. The minimum atomic E-state index is -0.695. The first-order valence-electron chi connectivity index (χ1n) is 6.28. The maximum atomic E-state index is 10.1. The van der Waals surface area contributed by atoms with Gasteiger partial charge in [0.05, 0.1) is 10.7 Å². The van der Waals surface area contributed by atoms with Gasteiger partial charge in [0.15, 0.2) is 5.82 Å². The SMILES string of the molecule is Cc1cnc(C(O)Cc2nc(C(C)(C)C)cs2)nc1. The van der Waals surface area contributed by atoms with E-state index in [1.807, 2.05) is 6.92 Å². The standard InChI is InChI=1S/C14H19N3OS/c1-9-6-15-13(16-7-9)10(18)5-12-17-11(8-19-12)14(2,3)4/h6-8,10,18H,5H2,1-4H3. The van der Waals surface area contributed by atoms with Crippen LogP contribution in [0.4, 0.5) is 0 Å².